The van der Waals surface area contributed by atoms with Crippen molar-refractivity contribution in [3.8, 4) is 22.6 Å². The first kappa shape index (κ1) is 21.3. The molecule has 2 aliphatic rings. The largest absolute Gasteiger partial charge is 0.455 e. The molecule has 8 rings (SSSR count). The smallest absolute Gasteiger partial charge is 0.200 e. The van der Waals surface area contributed by atoms with Crippen molar-refractivity contribution in [3.63, 3.8) is 0 Å². The van der Waals surface area contributed by atoms with Gasteiger partial charge in [0.1, 0.15) is 11.2 Å². The molecule has 2 aliphatic heterocycles. The fourth-order valence-electron chi connectivity index (χ4n) is 6.17. The standard InChI is InChI=1S/C34H23NO3/c1-34(2)24-12-4-5-14-26(24)35-27-18-17-20(19-30(27)37-29-16-8-13-25(34)31(29)35)21-10-7-11-23-32(36)22-9-3-6-15-28(22)38-33(21)23/h3-19H,1-2H3. The number of fused-ring (bicyclic) bond motifs is 6. The van der Waals surface area contributed by atoms with Crippen LogP contribution < -0.4 is 15.1 Å². The van der Waals surface area contributed by atoms with Crippen LogP contribution in [0.1, 0.15) is 25.0 Å². The van der Waals surface area contributed by atoms with Crippen LogP contribution in [0.25, 0.3) is 33.1 Å². The predicted octanol–water partition coefficient (Wildman–Crippen LogP) is 8.83. The van der Waals surface area contributed by atoms with E-state index in [0.717, 1.165) is 39.7 Å². The second-order valence-corrected chi connectivity index (χ2v) is 10.5. The van der Waals surface area contributed by atoms with Crippen LogP contribution in [0.4, 0.5) is 17.1 Å². The number of anilines is 3. The first-order valence-electron chi connectivity index (χ1n) is 12.8. The Morgan fingerprint density at radius 2 is 1.45 bits per heavy atom. The van der Waals surface area contributed by atoms with Crippen LogP contribution in [0.5, 0.6) is 11.5 Å². The SMILES string of the molecule is CC1(C)c2ccccc2N2c3ccc(-c4cccc5c(=O)c6ccccc6oc45)cc3Oc3cccc1c32. The molecule has 0 saturated carbocycles. The highest BCUT2D eigenvalue weighted by Crippen LogP contribution is 2.59. The minimum absolute atomic E-state index is 0.0214. The number of rotatable bonds is 1. The third-order valence-electron chi connectivity index (χ3n) is 8.05. The summed E-state index contributed by atoms with van der Waals surface area (Å²) < 4.78 is 12.9. The lowest BCUT2D eigenvalue weighted by Crippen LogP contribution is -2.32. The van der Waals surface area contributed by atoms with Gasteiger partial charge >= 0.3 is 0 Å². The molecule has 4 nitrogen and oxygen atoms in total. The third kappa shape index (κ3) is 2.72. The van der Waals surface area contributed by atoms with Gasteiger partial charge in [0.05, 0.1) is 27.8 Å². The van der Waals surface area contributed by atoms with Gasteiger partial charge < -0.3 is 14.1 Å². The summed E-state index contributed by atoms with van der Waals surface area (Å²) in [6.07, 6.45) is 0. The van der Waals surface area contributed by atoms with E-state index in [1.165, 1.54) is 11.1 Å². The predicted molar refractivity (Wildman–Crippen MR) is 152 cm³/mol. The molecule has 0 N–H and O–H groups in total. The van der Waals surface area contributed by atoms with Crippen molar-refractivity contribution in [2.75, 3.05) is 4.90 Å². The number of hydrogen-bond donors (Lipinski definition) is 0. The van der Waals surface area contributed by atoms with Crippen LogP contribution in [0.15, 0.2) is 112 Å². The maximum atomic E-state index is 13.2. The van der Waals surface area contributed by atoms with Gasteiger partial charge in [0.2, 0.25) is 5.43 Å². The maximum absolute atomic E-state index is 13.2. The molecule has 6 aromatic rings. The molecule has 1 aromatic heterocycles. The van der Waals surface area contributed by atoms with Gasteiger partial charge in [-0.1, -0.05) is 74.5 Å². The molecule has 0 radical (unpaired) electrons. The normalized spacial score (nSPS) is 14.5. The van der Waals surface area contributed by atoms with Gasteiger partial charge in [-0.2, -0.15) is 0 Å². The van der Waals surface area contributed by atoms with E-state index in [2.05, 4.69) is 73.3 Å². The zero-order valence-corrected chi connectivity index (χ0v) is 21.0. The molecule has 0 spiro atoms. The summed E-state index contributed by atoms with van der Waals surface area (Å²) in [7, 11) is 0. The number of para-hydroxylation sites is 4. The fourth-order valence-corrected chi connectivity index (χ4v) is 6.17. The van der Waals surface area contributed by atoms with E-state index in [1.807, 2.05) is 48.5 Å². The Hall–Kier alpha value is -4.83. The molecule has 5 aromatic carbocycles. The summed E-state index contributed by atoms with van der Waals surface area (Å²) in [5, 5.41) is 1.16. The second kappa shape index (κ2) is 7.36. The van der Waals surface area contributed by atoms with Crippen molar-refractivity contribution in [1.82, 2.24) is 0 Å². The molecule has 38 heavy (non-hydrogen) atoms. The second-order valence-electron chi connectivity index (χ2n) is 10.5. The third-order valence-corrected chi connectivity index (χ3v) is 8.05. The van der Waals surface area contributed by atoms with Crippen molar-refractivity contribution < 1.29 is 9.15 Å². The molecule has 182 valence electrons. The van der Waals surface area contributed by atoms with Crippen LogP contribution in [0.2, 0.25) is 0 Å². The molecule has 0 atom stereocenters. The van der Waals surface area contributed by atoms with Crippen molar-refractivity contribution in [1.29, 1.82) is 0 Å². The minimum Gasteiger partial charge on any atom is -0.455 e. The summed E-state index contributed by atoms with van der Waals surface area (Å²) in [6.45, 7) is 4.55. The Bertz CT molecular complexity index is 2020. The van der Waals surface area contributed by atoms with E-state index >= 15 is 0 Å². The van der Waals surface area contributed by atoms with Crippen LogP contribution in [-0.2, 0) is 5.41 Å². The lowest BCUT2D eigenvalue weighted by molar-refractivity contribution is 0.471. The Morgan fingerprint density at radius 3 is 2.37 bits per heavy atom. The lowest BCUT2D eigenvalue weighted by atomic mass is 9.73. The molecule has 0 aliphatic carbocycles. The van der Waals surface area contributed by atoms with Gasteiger partial charge in [-0.15, -0.1) is 0 Å². The molecule has 3 heterocycles. The van der Waals surface area contributed by atoms with Gasteiger partial charge in [0.25, 0.3) is 0 Å². The first-order chi connectivity index (χ1) is 18.5. The van der Waals surface area contributed by atoms with Crippen LogP contribution in [0.3, 0.4) is 0 Å². The van der Waals surface area contributed by atoms with E-state index in [9.17, 15) is 4.79 Å². The Morgan fingerprint density at radius 1 is 0.684 bits per heavy atom. The van der Waals surface area contributed by atoms with Crippen molar-refractivity contribution in [2.45, 2.75) is 19.3 Å². The van der Waals surface area contributed by atoms with E-state index in [-0.39, 0.29) is 10.8 Å². The average Bonchev–Trinajstić information content (AvgIpc) is 2.95. The van der Waals surface area contributed by atoms with Crippen molar-refractivity contribution >= 4 is 39.0 Å². The molecule has 4 heteroatoms. The fraction of sp³-hybridized carbons (Fsp3) is 0.0882. The highest BCUT2D eigenvalue weighted by atomic mass is 16.5. The van der Waals surface area contributed by atoms with E-state index in [4.69, 9.17) is 9.15 Å². The quantitative estimate of drug-likeness (QED) is 0.214. The van der Waals surface area contributed by atoms with Gasteiger partial charge in [-0.05, 0) is 59.2 Å². The summed E-state index contributed by atoms with van der Waals surface area (Å²) in [6, 6.07) is 34.3. The van der Waals surface area contributed by atoms with Crippen LogP contribution >= 0.6 is 0 Å². The molecular formula is C34H23NO3. The Kier molecular flexibility index (Phi) is 4.12. The van der Waals surface area contributed by atoms with Crippen molar-refractivity contribution in [2.24, 2.45) is 0 Å². The lowest BCUT2D eigenvalue weighted by Gasteiger charge is -2.44. The zero-order chi connectivity index (χ0) is 25.6. The van der Waals surface area contributed by atoms with Gasteiger partial charge in [0, 0.05) is 11.0 Å². The molecule has 0 unspecified atom stereocenters. The van der Waals surface area contributed by atoms with Gasteiger partial charge in [-0.3, -0.25) is 4.79 Å². The van der Waals surface area contributed by atoms with Gasteiger partial charge in [-0.25, -0.2) is 0 Å². The number of hydrogen-bond acceptors (Lipinski definition) is 4. The summed E-state index contributed by atoms with van der Waals surface area (Å²) in [5.41, 5.74) is 8.56. The topological polar surface area (TPSA) is 42.7 Å². The molecule has 0 fully saturated rings. The average molecular weight is 494 g/mol. The monoisotopic (exact) mass is 493 g/mol. The number of nitrogens with zero attached hydrogens (tertiary/aromatic N) is 1. The maximum Gasteiger partial charge on any atom is 0.200 e. The molecule has 0 bridgehead atoms. The molecule has 0 amide bonds. The van der Waals surface area contributed by atoms with Crippen molar-refractivity contribution in [3.05, 3.63) is 124 Å². The highest BCUT2D eigenvalue weighted by Gasteiger charge is 2.41. The highest BCUT2D eigenvalue weighted by molar-refractivity contribution is 5.99. The van der Waals surface area contributed by atoms with E-state index in [0.29, 0.717) is 21.9 Å². The summed E-state index contributed by atoms with van der Waals surface area (Å²) in [4.78, 5) is 15.6. The molecule has 0 saturated heterocycles. The zero-order valence-electron chi connectivity index (χ0n) is 21.0. The first-order valence-corrected chi connectivity index (χ1v) is 12.8. The Labute approximate surface area is 219 Å². The van der Waals surface area contributed by atoms with E-state index in [1.54, 1.807) is 0 Å². The van der Waals surface area contributed by atoms with Crippen LogP contribution in [-0.4, -0.2) is 0 Å². The minimum atomic E-state index is -0.150. The number of ether oxygens (including phenoxy) is 1. The molecular weight excluding hydrogens is 470 g/mol. The van der Waals surface area contributed by atoms with Gasteiger partial charge in [0.15, 0.2) is 11.5 Å². The van der Waals surface area contributed by atoms with Crippen LogP contribution in [0, 0.1) is 0 Å². The Balaban J connectivity index is 1.36. The number of benzene rings is 5. The summed E-state index contributed by atoms with van der Waals surface area (Å²) in [5.74, 6) is 1.60. The summed E-state index contributed by atoms with van der Waals surface area (Å²) >= 11 is 0. The van der Waals surface area contributed by atoms with E-state index < -0.39 is 0 Å².